The average Bonchev–Trinajstić information content (AvgIpc) is 3.41. The Balaban J connectivity index is 1.23. The molecule has 1 saturated carbocycles. The number of hydrogen-bond acceptors (Lipinski definition) is 4. The number of carbonyl (C=O) groups excluding carboxylic acids is 2. The number of benzene rings is 1. The van der Waals surface area contributed by atoms with Gasteiger partial charge in [-0.3, -0.25) is 9.89 Å². The summed E-state index contributed by atoms with van der Waals surface area (Å²) >= 11 is 0. The van der Waals surface area contributed by atoms with Gasteiger partial charge in [0.15, 0.2) is 5.69 Å². The molecule has 4 N–H and O–H groups in total. The van der Waals surface area contributed by atoms with E-state index >= 15 is 0 Å². The topological polar surface area (TPSA) is 102 Å². The lowest BCUT2D eigenvalue weighted by Gasteiger charge is -2.36. The van der Waals surface area contributed by atoms with Crippen molar-refractivity contribution in [3.63, 3.8) is 0 Å². The number of fused-ring (bicyclic) bond motifs is 3. The van der Waals surface area contributed by atoms with Crippen molar-refractivity contribution in [2.45, 2.75) is 75.5 Å². The highest BCUT2D eigenvalue weighted by molar-refractivity contribution is 6.05. The Morgan fingerprint density at radius 1 is 1.03 bits per heavy atom. The standard InChI is InChI=1S/C22H30N6O2/c1-28-16-7-8-17(28)11-15(10-16)23-21(29)20-18-9-6-14(12-19(18)26-27-20)25-22(30)24-13-4-2-3-5-13/h6,9,12-13,15-17H,2-5,7-8,10-11H2,1H3,(H,23,29)(H,26,27)(H2,24,25,30)/t15?,16-,17+. The van der Waals surface area contributed by atoms with Gasteiger partial charge >= 0.3 is 6.03 Å². The molecule has 3 amide bonds. The molecule has 2 aromatic rings. The van der Waals surface area contributed by atoms with Crippen LogP contribution >= 0.6 is 0 Å². The number of aromatic nitrogens is 2. The average molecular weight is 411 g/mol. The highest BCUT2D eigenvalue weighted by Gasteiger charge is 2.39. The molecule has 1 aromatic carbocycles. The Bertz CT molecular complexity index is 936. The zero-order valence-corrected chi connectivity index (χ0v) is 17.4. The summed E-state index contributed by atoms with van der Waals surface area (Å²) in [6, 6.07) is 6.93. The Kier molecular flexibility index (Phi) is 5.10. The van der Waals surface area contributed by atoms with Crippen molar-refractivity contribution in [1.82, 2.24) is 25.7 Å². The fraction of sp³-hybridized carbons (Fsp3) is 0.591. The van der Waals surface area contributed by atoms with Crippen molar-refractivity contribution in [1.29, 1.82) is 0 Å². The molecule has 8 heteroatoms. The van der Waals surface area contributed by atoms with E-state index in [1.807, 2.05) is 18.2 Å². The van der Waals surface area contributed by atoms with Gasteiger partial charge in [-0.05, 0) is 63.8 Å². The molecule has 1 aromatic heterocycles. The van der Waals surface area contributed by atoms with Gasteiger partial charge in [0.2, 0.25) is 0 Å². The first kappa shape index (κ1) is 19.4. The molecule has 3 heterocycles. The van der Waals surface area contributed by atoms with Crippen LogP contribution in [0.4, 0.5) is 10.5 Å². The molecule has 5 rings (SSSR count). The van der Waals surface area contributed by atoms with Gasteiger partial charge in [-0.2, -0.15) is 5.10 Å². The molecule has 1 aliphatic carbocycles. The zero-order valence-electron chi connectivity index (χ0n) is 17.4. The number of amides is 3. The maximum Gasteiger partial charge on any atom is 0.319 e. The van der Waals surface area contributed by atoms with E-state index in [4.69, 9.17) is 0 Å². The van der Waals surface area contributed by atoms with E-state index < -0.39 is 0 Å². The first-order valence-electron chi connectivity index (χ1n) is 11.2. The molecule has 3 atom stereocenters. The maximum atomic E-state index is 12.9. The lowest BCUT2D eigenvalue weighted by Crippen LogP contribution is -2.48. The molecule has 8 nitrogen and oxygen atoms in total. The fourth-order valence-electron chi connectivity index (χ4n) is 5.48. The summed E-state index contributed by atoms with van der Waals surface area (Å²) < 4.78 is 0. The SMILES string of the molecule is CN1[C@@H]2CC[C@H]1CC(NC(=O)c1n[nH]c3cc(NC(=O)NC4CCCC4)ccc13)C2. The first-order chi connectivity index (χ1) is 14.6. The number of nitrogens with one attached hydrogen (secondary N) is 4. The van der Waals surface area contributed by atoms with Gasteiger partial charge in [0, 0.05) is 35.2 Å². The Hall–Kier alpha value is -2.61. The van der Waals surface area contributed by atoms with Gasteiger partial charge < -0.3 is 20.9 Å². The van der Waals surface area contributed by atoms with Crippen LogP contribution in [0.5, 0.6) is 0 Å². The third kappa shape index (κ3) is 3.76. The summed E-state index contributed by atoms with van der Waals surface area (Å²) in [7, 11) is 2.20. The smallest absolute Gasteiger partial charge is 0.319 e. The predicted molar refractivity (Wildman–Crippen MR) is 116 cm³/mol. The van der Waals surface area contributed by atoms with Gasteiger partial charge in [-0.25, -0.2) is 4.79 Å². The lowest BCUT2D eigenvalue weighted by molar-refractivity contribution is 0.0879. The van der Waals surface area contributed by atoms with E-state index in [1.54, 1.807) is 0 Å². The second-order valence-corrected chi connectivity index (χ2v) is 9.10. The summed E-state index contributed by atoms with van der Waals surface area (Å²) in [6.07, 6.45) is 8.90. The van der Waals surface area contributed by atoms with Crippen LogP contribution in [0.15, 0.2) is 18.2 Å². The van der Waals surface area contributed by atoms with Crippen LogP contribution in [0.1, 0.15) is 61.9 Å². The minimum Gasteiger partial charge on any atom is -0.348 e. The first-order valence-corrected chi connectivity index (χ1v) is 11.2. The summed E-state index contributed by atoms with van der Waals surface area (Å²) in [5.41, 5.74) is 1.83. The third-order valence-corrected chi connectivity index (χ3v) is 7.16. The van der Waals surface area contributed by atoms with Gasteiger partial charge in [0.05, 0.1) is 5.52 Å². The minimum absolute atomic E-state index is 0.130. The van der Waals surface area contributed by atoms with Crippen LogP contribution in [0.25, 0.3) is 10.9 Å². The fourth-order valence-corrected chi connectivity index (χ4v) is 5.48. The third-order valence-electron chi connectivity index (χ3n) is 7.16. The Morgan fingerprint density at radius 2 is 1.77 bits per heavy atom. The van der Waals surface area contributed by atoms with Crippen LogP contribution in [-0.2, 0) is 0 Å². The number of carbonyl (C=O) groups is 2. The van der Waals surface area contributed by atoms with Gasteiger partial charge in [0.25, 0.3) is 5.91 Å². The predicted octanol–water partition coefficient (Wildman–Crippen LogP) is 2.98. The van der Waals surface area contributed by atoms with E-state index in [0.29, 0.717) is 23.5 Å². The van der Waals surface area contributed by atoms with E-state index in [1.165, 1.54) is 25.7 Å². The largest absolute Gasteiger partial charge is 0.348 e. The van der Waals surface area contributed by atoms with Gasteiger partial charge in [0.1, 0.15) is 0 Å². The maximum absolute atomic E-state index is 12.9. The summed E-state index contributed by atoms with van der Waals surface area (Å²) in [5.74, 6) is -0.130. The van der Waals surface area contributed by atoms with Crippen molar-refractivity contribution in [2.24, 2.45) is 0 Å². The molecule has 2 saturated heterocycles. The van der Waals surface area contributed by atoms with Crippen molar-refractivity contribution < 1.29 is 9.59 Å². The Morgan fingerprint density at radius 3 is 2.50 bits per heavy atom. The summed E-state index contributed by atoms with van der Waals surface area (Å²) in [6.45, 7) is 0. The number of rotatable bonds is 4. The monoisotopic (exact) mass is 410 g/mol. The molecule has 3 aliphatic rings. The summed E-state index contributed by atoms with van der Waals surface area (Å²) in [5, 5.41) is 17.1. The number of aromatic amines is 1. The minimum atomic E-state index is -0.185. The van der Waals surface area contributed by atoms with Crippen molar-refractivity contribution in [2.75, 3.05) is 12.4 Å². The molecule has 30 heavy (non-hydrogen) atoms. The molecule has 3 fully saturated rings. The lowest BCUT2D eigenvalue weighted by atomic mass is 9.98. The number of urea groups is 1. The highest BCUT2D eigenvalue weighted by atomic mass is 16.2. The van der Waals surface area contributed by atoms with Gasteiger partial charge in [-0.15, -0.1) is 0 Å². The van der Waals surface area contributed by atoms with E-state index in [9.17, 15) is 9.59 Å². The molecule has 2 bridgehead atoms. The van der Waals surface area contributed by atoms with Crippen molar-refractivity contribution in [3.05, 3.63) is 23.9 Å². The molecule has 0 radical (unpaired) electrons. The molecular weight excluding hydrogens is 380 g/mol. The van der Waals surface area contributed by atoms with Crippen LogP contribution in [-0.4, -0.2) is 58.3 Å². The summed E-state index contributed by atoms with van der Waals surface area (Å²) in [4.78, 5) is 27.5. The normalized spacial score (nSPS) is 26.8. The molecule has 2 aliphatic heterocycles. The number of hydrogen-bond donors (Lipinski definition) is 4. The van der Waals surface area contributed by atoms with Crippen molar-refractivity contribution >= 4 is 28.5 Å². The van der Waals surface area contributed by atoms with E-state index in [2.05, 4.69) is 38.1 Å². The number of anilines is 1. The van der Waals surface area contributed by atoms with E-state index in [-0.39, 0.29) is 24.0 Å². The van der Waals surface area contributed by atoms with Crippen LogP contribution in [0, 0.1) is 0 Å². The van der Waals surface area contributed by atoms with Gasteiger partial charge in [-0.1, -0.05) is 12.8 Å². The zero-order chi connectivity index (χ0) is 20.7. The van der Waals surface area contributed by atoms with Crippen LogP contribution in [0.3, 0.4) is 0 Å². The quantitative estimate of drug-likeness (QED) is 0.622. The molecule has 160 valence electrons. The van der Waals surface area contributed by atoms with Crippen molar-refractivity contribution in [3.8, 4) is 0 Å². The second kappa shape index (κ2) is 7.91. The van der Waals surface area contributed by atoms with E-state index in [0.717, 1.165) is 36.6 Å². The van der Waals surface area contributed by atoms with Crippen LogP contribution < -0.4 is 16.0 Å². The molecule has 1 unspecified atom stereocenters. The number of nitrogens with zero attached hydrogens (tertiary/aromatic N) is 2. The highest BCUT2D eigenvalue weighted by Crippen LogP contribution is 2.34. The second-order valence-electron chi connectivity index (χ2n) is 9.10. The molecule has 0 spiro atoms. The number of piperidine rings is 1. The van der Waals surface area contributed by atoms with Crippen LogP contribution in [0.2, 0.25) is 0 Å². The Labute approximate surface area is 176 Å². The number of H-pyrrole nitrogens is 1. The molecular formula is C22H30N6O2.